The smallest absolute Gasteiger partial charge is 0.109 e. The molecule has 3 nitrogen and oxygen atoms in total. The summed E-state index contributed by atoms with van der Waals surface area (Å²) >= 11 is 1.63. The van der Waals surface area contributed by atoms with Crippen LogP contribution in [0.15, 0.2) is 11.6 Å². The Labute approximate surface area is 76.5 Å². The Bertz CT molecular complexity index is 211. The minimum atomic E-state index is -0.299. The second kappa shape index (κ2) is 4.54. The van der Waals surface area contributed by atoms with Gasteiger partial charge in [0.15, 0.2) is 0 Å². The summed E-state index contributed by atoms with van der Waals surface area (Å²) in [5, 5.41) is 15.2. The molecule has 0 aliphatic carbocycles. The van der Waals surface area contributed by atoms with Crippen molar-refractivity contribution in [3.63, 3.8) is 0 Å². The number of aliphatic hydroxyl groups is 1. The van der Waals surface area contributed by atoms with Gasteiger partial charge in [-0.15, -0.1) is 11.3 Å². The van der Waals surface area contributed by atoms with E-state index in [2.05, 4.69) is 10.3 Å². The number of rotatable bonds is 4. The van der Waals surface area contributed by atoms with Crippen molar-refractivity contribution in [1.82, 2.24) is 10.3 Å². The van der Waals surface area contributed by atoms with Crippen LogP contribution in [-0.2, 0) is 0 Å². The van der Waals surface area contributed by atoms with Crippen LogP contribution in [0, 0.1) is 0 Å². The maximum Gasteiger partial charge on any atom is 0.109 e. The molecule has 68 valence electrons. The van der Waals surface area contributed by atoms with E-state index in [1.54, 1.807) is 24.5 Å². The van der Waals surface area contributed by atoms with Gasteiger partial charge >= 0.3 is 0 Å². The molecule has 1 aromatic heterocycles. The molecule has 0 aliphatic heterocycles. The number of thiazole rings is 1. The van der Waals surface area contributed by atoms with Gasteiger partial charge in [0.2, 0.25) is 0 Å². The van der Waals surface area contributed by atoms with Crippen LogP contribution in [0.2, 0.25) is 0 Å². The highest BCUT2D eigenvalue weighted by Crippen LogP contribution is 2.13. The summed E-state index contributed by atoms with van der Waals surface area (Å²) in [6, 6.07) is 0.236. The molecule has 0 aliphatic rings. The van der Waals surface area contributed by atoms with Gasteiger partial charge in [0.25, 0.3) is 0 Å². The van der Waals surface area contributed by atoms with E-state index in [1.807, 2.05) is 12.3 Å². The predicted octanol–water partition coefficient (Wildman–Crippen LogP) is 1.17. The Hall–Kier alpha value is -0.450. The molecule has 1 aromatic rings. The topological polar surface area (TPSA) is 45.1 Å². The summed E-state index contributed by atoms with van der Waals surface area (Å²) in [5.74, 6) is 0. The first-order chi connectivity index (χ1) is 5.70. The normalized spacial score (nSPS) is 15.9. The Morgan fingerprint density at radius 3 is 2.92 bits per heavy atom. The lowest BCUT2D eigenvalue weighted by molar-refractivity contribution is 0.187. The lowest BCUT2D eigenvalue weighted by Gasteiger charge is -2.11. The van der Waals surface area contributed by atoms with Crippen molar-refractivity contribution in [2.75, 3.05) is 6.54 Å². The van der Waals surface area contributed by atoms with Gasteiger partial charge in [0.05, 0.1) is 12.1 Å². The number of nitrogens with zero attached hydrogens (tertiary/aromatic N) is 1. The van der Waals surface area contributed by atoms with Gasteiger partial charge in [0.1, 0.15) is 5.01 Å². The molecule has 1 rings (SSSR count). The van der Waals surface area contributed by atoms with Crippen molar-refractivity contribution < 1.29 is 5.11 Å². The molecule has 12 heavy (non-hydrogen) atoms. The molecule has 2 N–H and O–H groups in total. The summed E-state index contributed by atoms with van der Waals surface area (Å²) in [5.41, 5.74) is 0. The number of hydrogen-bond acceptors (Lipinski definition) is 4. The third-order valence-corrected chi connectivity index (χ3v) is 2.50. The van der Waals surface area contributed by atoms with Crippen LogP contribution >= 0.6 is 11.3 Å². The minimum absolute atomic E-state index is 0.236. The van der Waals surface area contributed by atoms with Crippen molar-refractivity contribution in [3.8, 4) is 0 Å². The Balaban J connectivity index is 2.34. The van der Waals surface area contributed by atoms with E-state index in [9.17, 15) is 0 Å². The molecule has 1 heterocycles. The van der Waals surface area contributed by atoms with Crippen molar-refractivity contribution in [2.24, 2.45) is 0 Å². The highest BCUT2D eigenvalue weighted by Gasteiger charge is 2.07. The van der Waals surface area contributed by atoms with Gasteiger partial charge in [-0.3, -0.25) is 0 Å². The predicted molar refractivity (Wildman–Crippen MR) is 50.2 cm³/mol. The molecule has 4 heteroatoms. The quantitative estimate of drug-likeness (QED) is 0.742. The molecule has 0 radical (unpaired) electrons. The summed E-state index contributed by atoms with van der Waals surface area (Å²) in [4.78, 5) is 4.17. The molecule has 0 amide bonds. The zero-order valence-electron chi connectivity index (χ0n) is 7.32. The molecular formula is C8H14N2OS. The van der Waals surface area contributed by atoms with E-state index in [4.69, 9.17) is 5.11 Å². The van der Waals surface area contributed by atoms with Crippen LogP contribution in [0.4, 0.5) is 0 Å². The molecular weight excluding hydrogens is 172 g/mol. The molecule has 0 aromatic carbocycles. The summed E-state index contributed by atoms with van der Waals surface area (Å²) in [7, 11) is 0. The van der Waals surface area contributed by atoms with E-state index in [-0.39, 0.29) is 12.1 Å². The molecule has 0 saturated carbocycles. The van der Waals surface area contributed by atoms with Gasteiger partial charge in [-0.05, 0) is 13.8 Å². The summed E-state index contributed by atoms with van der Waals surface area (Å²) in [6.45, 7) is 4.42. The molecule has 0 fully saturated rings. The number of aliphatic hydroxyl groups excluding tert-OH is 1. The Morgan fingerprint density at radius 1 is 1.67 bits per heavy atom. The van der Waals surface area contributed by atoms with E-state index in [1.165, 1.54) is 0 Å². The van der Waals surface area contributed by atoms with Crippen LogP contribution in [0.3, 0.4) is 0 Å². The largest absolute Gasteiger partial charge is 0.392 e. The lowest BCUT2D eigenvalue weighted by atomic mass is 10.3. The third-order valence-electron chi connectivity index (χ3n) is 1.54. The van der Waals surface area contributed by atoms with Crippen molar-refractivity contribution >= 4 is 11.3 Å². The average molecular weight is 186 g/mol. The van der Waals surface area contributed by atoms with Crippen LogP contribution < -0.4 is 5.32 Å². The highest BCUT2D eigenvalue weighted by molar-refractivity contribution is 7.09. The number of nitrogens with one attached hydrogen (secondary N) is 1. The monoisotopic (exact) mass is 186 g/mol. The van der Waals surface area contributed by atoms with E-state index in [0.29, 0.717) is 6.54 Å². The molecule has 1 unspecified atom stereocenters. The van der Waals surface area contributed by atoms with Gasteiger partial charge in [0, 0.05) is 18.1 Å². The van der Waals surface area contributed by atoms with Gasteiger partial charge in [-0.25, -0.2) is 4.98 Å². The van der Waals surface area contributed by atoms with Gasteiger partial charge < -0.3 is 10.4 Å². The maximum atomic E-state index is 9.02. The summed E-state index contributed by atoms with van der Waals surface area (Å²) < 4.78 is 0. The zero-order valence-corrected chi connectivity index (χ0v) is 8.14. The van der Waals surface area contributed by atoms with Crippen molar-refractivity contribution in [3.05, 3.63) is 16.6 Å². The van der Waals surface area contributed by atoms with E-state index < -0.39 is 0 Å². The van der Waals surface area contributed by atoms with Crippen LogP contribution in [0.25, 0.3) is 0 Å². The molecule has 0 saturated heterocycles. The van der Waals surface area contributed by atoms with Crippen LogP contribution in [0.1, 0.15) is 24.9 Å². The van der Waals surface area contributed by atoms with Gasteiger partial charge in [-0.2, -0.15) is 0 Å². The molecule has 2 atom stereocenters. The fourth-order valence-corrected chi connectivity index (χ4v) is 1.55. The number of aromatic nitrogens is 1. The van der Waals surface area contributed by atoms with E-state index >= 15 is 0 Å². The maximum absolute atomic E-state index is 9.02. The second-order valence-corrected chi connectivity index (χ2v) is 3.78. The SMILES string of the molecule is CC(NC[C@@H](C)O)c1nccs1. The Kier molecular flexibility index (Phi) is 3.65. The summed E-state index contributed by atoms with van der Waals surface area (Å²) in [6.07, 6.45) is 1.49. The third kappa shape index (κ3) is 2.89. The zero-order chi connectivity index (χ0) is 8.97. The fourth-order valence-electron chi connectivity index (χ4n) is 0.883. The highest BCUT2D eigenvalue weighted by atomic mass is 32.1. The van der Waals surface area contributed by atoms with Crippen molar-refractivity contribution in [1.29, 1.82) is 0 Å². The van der Waals surface area contributed by atoms with E-state index in [0.717, 1.165) is 5.01 Å². The standard InChI is InChI=1S/C8H14N2OS/c1-6(11)5-10-7(2)8-9-3-4-12-8/h3-4,6-7,10-11H,5H2,1-2H3/t6-,7?/m1/s1. The average Bonchev–Trinajstić information content (AvgIpc) is 2.51. The van der Waals surface area contributed by atoms with Gasteiger partial charge in [-0.1, -0.05) is 0 Å². The van der Waals surface area contributed by atoms with Crippen LogP contribution in [0.5, 0.6) is 0 Å². The molecule has 0 spiro atoms. The minimum Gasteiger partial charge on any atom is -0.392 e. The first-order valence-corrected chi connectivity index (χ1v) is 4.89. The fraction of sp³-hybridized carbons (Fsp3) is 0.625. The first-order valence-electron chi connectivity index (χ1n) is 4.01. The first kappa shape index (κ1) is 9.64. The Morgan fingerprint density at radius 2 is 2.42 bits per heavy atom. The van der Waals surface area contributed by atoms with Crippen molar-refractivity contribution in [2.45, 2.75) is 26.0 Å². The number of hydrogen-bond donors (Lipinski definition) is 2. The van der Waals surface area contributed by atoms with Crippen LogP contribution in [-0.4, -0.2) is 22.7 Å². The molecule has 0 bridgehead atoms. The second-order valence-electron chi connectivity index (χ2n) is 2.85. The lowest BCUT2D eigenvalue weighted by Crippen LogP contribution is -2.26.